The fourth-order valence-electron chi connectivity index (χ4n) is 1.76. The third kappa shape index (κ3) is 3.80. The van der Waals surface area contributed by atoms with E-state index >= 15 is 0 Å². The molecule has 2 aromatic rings. The molecule has 22 heavy (non-hydrogen) atoms. The molecule has 0 spiro atoms. The summed E-state index contributed by atoms with van der Waals surface area (Å²) in [6.45, 7) is 6.09. The Kier molecular flexibility index (Phi) is 4.70. The number of nitrogens with one attached hydrogen (secondary N) is 1. The second-order valence-corrected chi connectivity index (χ2v) is 4.74. The van der Waals surface area contributed by atoms with Gasteiger partial charge in [-0.05, 0) is 30.7 Å². The largest absolute Gasteiger partial charge is 0.489 e. The van der Waals surface area contributed by atoms with Crippen molar-refractivity contribution >= 4 is 11.9 Å². The van der Waals surface area contributed by atoms with Crippen LogP contribution in [0.1, 0.15) is 17.4 Å². The van der Waals surface area contributed by atoms with Gasteiger partial charge in [-0.1, -0.05) is 18.7 Å². The van der Waals surface area contributed by atoms with Gasteiger partial charge in [-0.2, -0.15) is 0 Å². The van der Waals surface area contributed by atoms with Crippen molar-refractivity contribution in [1.82, 2.24) is 15.4 Å². The first-order valence-corrected chi connectivity index (χ1v) is 6.52. The molecule has 1 aromatic carbocycles. The van der Waals surface area contributed by atoms with Crippen LogP contribution in [0.3, 0.4) is 0 Å². The van der Waals surface area contributed by atoms with Gasteiger partial charge in [0.25, 0.3) is 5.91 Å². The van der Waals surface area contributed by atoms with E-state index in [4.69, 9.17) is 16.3 Å². The Morgan fingerprint density at radius 2 is 2.14 bits per heavy atom. The molecular formula is C15H17N5O2. The predicted octanol–water partition coefficient (Wildman–Crippen LogP) is 1.28. The summed E-state index contributed by atoms with van der Waals surface area (Å²) < 4.78 is 5.59. The van der Waals surface area contributed by atoms with Gasteiger partial charge < -0.3 is 10.5 Å². The molecule has 5 N–H and O–H groups in total. The van der Waals surface area contributed by atoms with Gasteiger partial charge in [-0.15, -0.1) is 0 Å². The van der Waals surface area contributed by atoms with E-state index in [1.54, 1.807) is 6.07 Å². The first-order valence-electron chi connectivity index (χ1n) is 6.52. The minimum absolute atomic E-state index is 0.00985. The molecule has 0 aliphatic rings. The minimum atomic E-state index is -0.537. The lowest BCUT2D eigenvalue weighted by Gasteiger charge is -2.09. The molecule has 0 fully saturated rings. The number of nitrogens with zero attached hydrogens (tertiary/aromatic N) is 2. The number of hydrogen-bond acceptors (Lipinski definition) is 6. The van der Waals surface area contributed by atoms with Crippen LogP contribution in [0.5, 0.6) is 5.75 Å². The second-order valence-electron chi connectivity index (χ2n) is 4.74. The molecular weight excluding hydrogens is 282 g/mol. The third-order valence-corrected chi connectivity index (χ3v) is 2.72. The predicted molar refractivity (Wildman–Crippen MR) is 83.8 cm³/mol. The lowest BCUT2D eigenvalue weighted by Crippen LogP contribution is -2.31. The van der Waals surface area contributed by atoms with Gasteiger partial charge >= 0.3 is 0 Å². The van der Waals surface area contributed by atoms with Crippen molar-refractivity contribution in [1.29, 1.82) is 0 Å². The van der Waals surface area contributed by atoms with Crippen LogP contribution < -0.4 is 21.7 Å². The maximum absolute atomic E-state index is 11.6. The van der Waals surface area contributed by atoms with Crippen LogP contribution in [0.25, 0.3) is 11.3 Å². The smallest absolute Gasteiger partial charge is 0.283 e. The Bertz CT molecular complexity index is 715. The fourth-order valence-corrected chi connectivity index (χ4v) is 1.76. The highest BCUT2D eigenvalue weighted by atomic mass is 16.5. The highest BCUT2D eigenvalue weighted by Gasteiger charge is 2.11. The van der Waals surface area contributed by atoms with Crippen LogP contribution in [0.4, 0.5) is 5.95 Å². The molecule has 7 nitrogen and oxygen atoms in total. The number of aromatic nitrogens is 2. The summed E-state index contributed by atoms with van der Waals surface area (Å²) in [4.78, 5) is 19.6. The number of carbonyl (C=O) groups excluding carboxylic acids is 1. The summed E-state index contributed by atoms with van der Waals surface area (Å²) in [6.07, 6.45) is 0. The van der Waals surface area contributed by atoms with Crippen molar-refractivity contribution in [2.24, 2.45) is 5.84 Å². The summed E-state index contributed by atoms with van der Waals surface area (Å²) in [5.41, 5.74) is 9.92. The van der Waals surface area contributed by atoms with Crippen molar-refractivity contribution in [2.45, 2.75) is 6.92 Å². The first kappa shape index (κ1) is 15.5. The molecule has 0 atom stereocenters. The van der Waals surface area contributed by atoms with E-state index in [0.29, 0.717) is 18.1 Å². The molecule has 1 heterocycles. The average molecular weight is 299 g/mol. The van der Waals surface area contributed by atoms with Gasteiger partial charge in [-0.3, -0.25) is 10.2 Å². The molecule has 114 valence electrons. The molecule has 0 saturated heterocycles. The standard InChI is InChI=1S/C15H17N5O2/c1-9(2)8-22-11-5-3-4-10(6-11)12-7-13(14(21)20-17)19-15(16)18-12/h3-7H,1,8,17H2,2H3,(H,20,21)(H2,16,18,19). The topological polar surface area (TPSA) is 116 Å². The van der Waals surface area contributed by atoms with E-state index in [-0.39, 0.29) is 11.6 Å². The van der Waals surface area contributed by atoms with E-state index in [9.17, 15) is 4.79 Å². The number of anilines is 1. The number of nitrogens with two attached hydrogens (primary N) is 2. The number of nitrogen functional groups attached to an aromatic ring is 2. The van der Waals surface area contributed by atoms with Gasteiger partial charge in [0.2, 0.25) is 5.95 Å². The molecule has 0 radical (unpaired) electrons. The zero-order chi connectivity index (χ0) is 16.1. The second kappa shape index (κ2) is 6.68. The number of hydrogen-bond donors (Lipinski definition) is 3. The highest BCUT2D eigenvalue weighted by molar-refractivity contribution is 5.93. The summed E-state index contributed by atoms with van der Waals surface area (Å²) in [5, 5.41) is 0. The minimum Gasteiger partial charge on any atom is -0.489 e. The van der Waals surface area contributed by atoms with Crippen molar-refractivity contribution in [3.8, 4) is 17.0 Å². The molecule has 1 aromatic heterocycles. The van der Waals surface area contributed by atoms with Crippen LogP contribution in [-0.4, -0.2) is 22.5 Å². The normalized spacial score (nSPS) is 10.1. The van der Waals surface area contributed by atoms with Crippen LogP contribution >= 0.6 is 0 Å². The van der Waals surface area contributed by atoms with Crippen LogP contribution in [-0.2, 0) is 0 Å². The maximum Gasteiger partial charge on any atom is 0.283 e. The lowest BCUT2D eigenvalue weighted by molar-refractivity contribution is 0.0948. The zero-order valence-electron chi connectivity index (χ0n) is 12.2. The van der Waals surface area contributed by atoms with E-state index in [2.05, 4.69) is 16.5 Å². The Morgan fingerprint density at radius 1 is 1.36 bits per heavy atom. The van der Waals surface area contributed by atoms with Gasteiger partial charge in [0, 0.05) is 5.56 Å². The Hall–Kier alpha value is -2.93. The van der Waals surface area contributed by atoms with Gasteiger partial charge in [-0.25, -0.2) is 15.8 Å². The van der Waals surface area contributed by atoms with Gasteiger partial charge in [0.15, 0.2) is 0 Å². The number of benzene rings is 1. The monoisotopic (exact) mass is 299 g/mol. The fraction of sp³-hybridized carbons (Fsp3) is 0.133. The molecule has 0 aliphatic heterocycles. The Balaban J connectivity index is 2.35. The quantitative estimate of drug-likeness (QED) is 0.331. The number of ether oxygens (including phenoxy) is 1. The molecule has 1 amide bonds. The Morgan fingerprint density at radius 3 is 2.82 bits per heavy atom. The van der Waals surface area contributed by atoms with E-state index in [0.717, 1.165) is 11.1 Å². The number of rotatable bonds is 5. The highest BCUT2D eigenvalue weighted by Crippen LogP contribution is 2.23. The van der Waals surface area contributed by atoms with Gasteiger partial charge in [0.1, 0.15) is 18.1 Å². The van der Waals surface area contributed by atoms with Crippen molar-refractivity contribution < 1.29 is 9.53 Å². The molecule has 0 unspecified atom stereocenters. The Labute approximate surface area is 128 Å². The summed E-state index contributed by atoms with van der Waals surface area (Å²) in [6, 6.07) is 8.79. The van der Waals surface area contributed by atoms with E-state index in [1.165, 1.54) is 6.07 Å². The lowest BCUT2D eigenvalue weighted by atomic mass is 10.1. The molecule has 0 bridgehead atoms. The zero-order valence-corrected chi connectivity index (χ0v) is 12.2. The van der Waals surface area contributed by atoms with E-state index in [1.807, 2.05) is 30.5 Å². The third-order valence-electron chi connectivity index (χ3n) is 2.72. The SMILES string of the molecule is C=C(C)COc1cccc(-c2cc(C(=O)NN)nc(N)n2)c1. The van der Waals surface area contributed by atoms with Crippen molar-refractivity contribution in [3.05, 3.63) is 48.2 Å². The number of amides is 1. The molecule has 7 heteroatoms. The number of carbonyl (C=O) groups is 1. The molecule has 0 aliphatic carbocycles. The first-order chi connectivity index (χ1) is 10.5. The molecule has 2 rings (SSSR count). The van der Waals surface area contributed by atoms with Gasteiger partial charge in [0.05, 0.1) is 5.69 Å². The van der Waals surface area contributed by atoms with Crippen LogP contribution in [0.2, 0.25) is 0 Å². The van der Waals surface area contributed by atoms with E-state index < -0.39 is 5.91 Å². The van der Waals surface area contributed by atoms with Crippen LogP contribution in [0, 0.1) is 0 Å². The van der Waals surface area contributed by atoms with Crippen molar-refractivity contribution in [2.75, 3.05) is 12.3 Å². The van der Waals surface area contributed by atoms with Crippen molar-refractivity contribution in [3.63, 3.8) is 0 Å². The maximum atomic E-state index is 11.6. The molecule has 0 saturated carbocycles. The average Bonchev–Trinajstić information content (AvgIpc) is 2.51. The summed E-state index contributed by atoms with van der Waals surface area (Å²) in [5.74, 6) is 5.23. The summed E-state index contributed by atoms with van der Waals surface area (Å²) in [7, 11) is 0. The van der Waals surface area contributed by atoms with Crippen LogP contribution in [0.15, 0.2) is 42.5 Å². The number of hydrazine groups is 1. The summed E-state index contributed by atoms with van der Waals surface area (Å²) >= 11 is 0.